The molecule has 0 amide bonds. The van der Waals surface area contributed by atoms with Crippen LogP contribution < -0.4 is 5.32 Å². The van der Waals surface area contributed by atoms with Crippen molar-refractivity contribution in [3.63, 3.8) is 0 Å². The molecule has 1 aliphatic heterocycles. The lowest BCUT2D eigenvalue weighted by Crippen LogP contribution is -2.21. The van der Waals surface area contributed by atoms with Crippen LogP contribution in [0.15, 0.2) is 29.2 Å². The molecular weight excluding hydrogens is 260 g/mol. The van der Waals surface area contributed by atoms with Crippen LogP contribution in [0.3, 0.4) is 0 Å². The number of hydrogen-bond acceptors (Lipinski definition) is 4. The highest BCUT2D eigenvalue weighted by Crippen LogP contribution is 2.43. The first-order valence-electron chi connectivity index (χ1n) is 6.18. The zero-order valence-electron chi connectivity index (χ0n) is 10.6. The molecule has 0 fully saturated rings. The molecule has 2 heterocycles. The second-order valence-corrected chi connectivity index (χ2v) is 6.89. The zero-order valence-corrected chi connectivity index (χ0v) is 12.2. The summed E-state index contributed by atoms with van der Waals surface area (Å²) in [5, 5.41) is 4.64. The normalized spacial score (nSPS) is 13.5. The van der Waals surface area contributed by atoms with Crippen LogP contribution in [0.5, 0.6) is 0 Å². The van der Waals surface area contributed by atoms with Gasteiger partial charge in [-0.1, -0.05) is 32.0 Å². The van der Waals surface area contributed by atoms with Gasteiger partial charge in [-0.25, -0.2) is 4.98 Å². The van der Waals surface area contributed by atoms with Crippen LogP contribution in [0.4, 0.5) is 0 Å². The fourth-order valence-electron chi connectivity index (χ4n) is 2.01. The summed E-state index contributed by atoms with van der Waals surface area (Å²) >= 11 is 3.77. The molecule has 1 aromatic heterocycles. The average Bonchev–Trinajstić information content (AvgIpc) is 2.79. The van der Waals surface area contributed by atoms with Crippen LogP contribution in [0, 0.1) is 0 Å². The maximum atomic E-state index is 4.81. The third-order valence-corrected chi connectivity index (χ3v) is 5.24. The van der Waals surface area contributed by atoms with Crippen LogP contribution in [-0.2, 0) is 12.3 Å². The third kappa shape index (κ3) is 2.32. The van der Waals surface area contributed by atoms with E-state index in [9.17, 15) is 0 Å². The van der Waals surface area contributed by atoms with Crippen molar-refractivity contribution in [1.29, 1.82) is 0 Å². The van der Waals surface area contributed by atoms with Crippen molar-refractivity contribution in [1.82, 2.24) is 10.3 Å². The number of fused-ring (bicyclic) bond motifs is 3. The molecule has 4 heteroatoms. The van der Waals surface area contributed by atoms with Gasteiger partial charge in [0.1, 0.15) is 5.01 Å². The quantitative estimate of drug-likeness (QED) is 0.920. The molecule has 0 atom stereocenters. The Labute approximate surface area is 116 Å². The molecule has 1 aromatic carbocycles. The molecule has 1 N–H and O–H groups in total. The van der Waals surface area contributed by atoms with Crippen LogP contribution in [0.2, 0.25) is 0 Å². The minimum atomic E-state index is 0.507. The first kappa shape index (κ1) is 12.2. The van der Waals surface area contributed by atoms with Crippen molar-refractivity contribution in [2.45, 2.75) is 37.1 Å². The van der Waals surface area contributed by atoms with E-state index in [1.54, 1.807) is 0 Å². The number of aromatic nitrogens is 1. The summed E-state index contributed by atoms with van der Waals surface area (Å²) in [6.07, 6.45) is 0. The van der Waals surface area contributed by atoms with Crippen molar-refractivity contribution >= 4 is 23.1 Å². The highest BCUT2D eigenvalue weighted by molar-refractivity contribution is 7.98. The van der Waals surface area contributed by atoms with Crippen LogP contribution in [0.1, 0.15) is 23.7 Å². The van der Waals surface area contributed by atoms with Gasteiger partial charge < -0.3 is 5.32 Å². The molecule has 0 unspecified atom stereocenters. The number of nitrogens with zero attached hydrogens (tertiary/aromatic N) is 1. The summed E-state index contributed by atoms with van der Waals surface area (Å²) in [5.74, 6) is 1.06. The molecule has 1 aliphatic rings. The number of thioether (sulfide) groups is 1. The molecule has 94 valence electrons. The molecule has 2 aromatic rings. The Balaban J connectivity index is 1.92. The van der Waals surface area contributed by atoms with Gasteiger partial charge in [-0.05, 0) is 6.07 Å². The van der Waals surface area contributed by atoms with Gasteiger partial charge in [0.2, 0.25) is 0 Å². The zero-order chi connectivity index (χ0) is 12.5. The summed E-state index contributed by atoms with van der Waals surface area (Å²) in [6.45, 7) is 5.21. The van der Waals surface area contributed by atoms with Gasteiger partial charge in [-0.15, -0.1) is 23.1 Å². The maximum Gasteiger partial charge on any atom is 0.107 e. The van der Waals surface area contributed by atoms with Crippen molar-refractivity contribution < 1.29 is 0 Å². The Morgan fingerprint density at radius 2 is 2.17 bits per heavy atom. The Hall–Kier alpha value is -0.840. The second kappa shape index (κ2) is 5.03. The van der Waals surface area contributed by atoms with Crippen molar-refractivity contribution in [3.05, 3.63) is 34.2 Å². The minimum absolute atomic E-state index is 0.507. The standard InChI is InChI=1S/C14H16N2S2/c1-9(2)15-7-13-16-14-10-5-3-4-6-11(10)17-8-12(14)18-13/h3-6,9,15H,7-8H2,1-2H3. The number of rotatable bonds is 3. The predicted molar refractivity (Wildman–Crippen MR) is 79.1 cm³/mol. The fraction of sp³-hybridized carbons (Fsp3) is 0.357. The van der Waals surface area contributed by atoms with E-state index in [4.69, 9.17) is 4.98 Å². The lowest BCUT2D eigenvalue weighted by Gasteiger charge is -2.13. The van der Waals surface area contributed by atoms with Gasteiger partial charge >= 0.3 is 0 Å². The number of thiazole rings is 1. The SMILES string of the molecule is CC(C)NCc1nc2c(s1)CSc1ccccc1-2. The Bertz CT molecular complexity index is 561. The first-order valence-corrected chi connectivity index (χ1v) is 7.98. The van der Waals surface area contributed by atoms with E-state index in [-0.39, 0.29) is 0 Å². The van der Waals surface area contributed by atoms with Crippen LogP contribution in [0.25, 0.3) is 11.3 Å². The smallest absolute Gasteiger partial charge is 0.107 e. The Morgan fingerprint density at radius 3 is 3.00 bits per heavy atom. The van der Waals surface area contributed by atoms with Gasteiger partial charge in [0.25, 0.3) is 0 Å². The number of hydrogen-bond donors (Lipinski definition) is 1. The van der Waals surface area contributed by atoms with Crippen molar-refractivity contribution in [2.24, 2.45) is 0 Å². The molecule has 0 spiro atoms. The molecule has 0 bridgehead atoms. The van der Waals surface area contributed by atoms with E-state index in [1.165, 1.54) is 26.0 Å². The van der Waals surface area contributed by atoms with Gasteiger partial charge in [-0.3, -0.25) is 0 Å². The molecule has 0 saturated heterocycles. The highest BCUT2D eigenvalue weighted by atomic mass is 32.2. The number of nitrogens with one attached hydrogen (secondary N) is 1. The summed E-state index contributed by atoms with van der Waals surface area (Å²) < 4.78 is 0. The largest absolute Gasteiger partial charge is 0.308 e. The predicted octanol–water partition coefficient (Wildman–Crippen LogP) is 3.91. The molecule has 18 heavy (non-hydrogen) atoms. The topological polar surface area (TPSA) is 24.9 Å². The molecule has 3 rings (SSSR count). The Kier molecular flexibility index (Phi) is 3.41. The van der Waals surface area contributed by atoms with Crippen molar-refractivity contribution in [3.8, 4) is 11.3 Å². The first-order chi connectivity index (χ1) is 8.74. The molecule has 0 saturated carbocycles. The van der Waals surface area contributed by atoms with Gasteiger partial charge in [0.15, 0.2) is 0 Å². The van der Waals surface area contributed by atoms with E-state index in [1.807, 2.05) is 23.1 Å². The fourth-order valence-corrected chi connectivity index (χ4v) is 4.17. The average molecular weight is 276 g/mol. The van der Waals surface area contributed by atoms with E-state index in [0.717, 1.165) is 12.3 Å². The maximum absolute atomic E-state index is 4.81. The summed E-state index contributed by atoms with van der Waals surface area (Å²) in [4.78, 5) is 7.58. The van der Waals surface area contributed by atoms with E-state index in [2.05, 4.69) is 43.4 Å². The van der Waals surface area contributed by atoms with Gasteiger partial charge in [0, 0.05) is 33.7 Å². The minimum Gasteiger partial charge on any atom is -0.308 e. The van der Waals surface area contributed by atoms with Gasteiger partial charge in [-0.2, -0.15) is 0 Å². The molecular formula is C14H16N2S2. The van der Waals surface area contributed by atoms with Crippen LogP contribution in [-0.4, -0.2) is 11.0 Å². The van der Waals surface area contributed by atoms with E-state index in [0.29, 0.717) is 6.04 Å². The molecule has 0 radical (unpaired) electrons. The summed E-state index contributed by atoms with van der Waals surface area (Å²) in [6, 6.07) is 9.07. The number of benzene rings is 1. The second-order valence-electron chi connectivity index (χ2n) is 4.70. The monoisotopic (exact) mass is 276 g/mol. The van der Waals surface area contributed by atoms with Crippen molar-refractivity contribution in [2.75, 3.05) is 0 Å². The van der Waals surface area contributed by atoms with E-state index < -0.39 is 0 Å². The van der Waals surface area contributed by atoms with Crippen LogP contribution >= 0.6 is 23.1 Å². The third-order valence-electron chi connectivity index (χ3n) is 2.90. The molecule has 2 nitrogen and oxygen atoms in total. The van der Waals surface area contributed by atoms with Gasteiger partial charge in [0.05, 0.1) is 5.69 Å². The summed E-state index contributed by atoms with van der Waals surface area (Å²) in [7, 11) is 0. The van der Waals surface area contributed by atoms with E-state index >= 15 is 0 Å². The highest BCUT2D eigenvalue weighted by Gasteiger charge is 2.20. The Morgan fingerprint density at radius 1 is 1.33 bits per heavy atom. The molecule has 0 aliphatic carbocycles. The summed E-state index contributed by atoms with van der Waals surface area (Å²) in [5.41, 5.74) is 2.51. The lowest BCUT2D eigenvalue weighted by atomic mass is 10.1. The lowest BCUT2D eigenvalue weighted by molar-refractivity contribution is 0.587.